The summed E-state index contributed by atoms with van der Waals surface area (Å²) in [6.45, 7) is 5.22. The lowest BCUT2D eigenvalue weighted by Gasteiger charge is -2.39. The predicted molar refractivity (Wildman–Crippen MR) is 88.2 cm³/mol. The lowest BCUT2D eigenvalue weighted by Crippen LogP contribution is -2.41. The molecule has 2 rings (SSSR count). The van der Waals surface area contributed by atoms with E-state index >= 15 is 0 Å². The zero-order valence-corrected chi connectivity index (χ0v) is 13.8. The van der Waals surface area contributed by atoms with E-state index in [4.69, 9.17) is 5.11 Å². The summed E-state index contributed by atoms with van der Waals surface area (Å²) >= 11 is 3.69. The quantitative estimate of drug-likeness (QED) is 0.762. The van der Waals surface area contributed by atoms with Crippen LogP contribution < -0.4 is 10.2 Å². The number of aliphatic hydroxyl groups is 1. The van der Waals surface area contributed by atoms with Crippen LogP contribution >= 0.6 is 15.9 Å². The number of benzene rings is 1. The average Bonchev–Trinajstić information content (AvgIpc) is 2.40. The zero-order valence-electron chi connectivity index (χ0n) is 12.2. The molecule has 0 spiro atoms. The second-order valence-electron chi connectivity index (χ2n) is 5.41. The van der Waals surface area contributed by atoms with Crippen molar-refractivity contribution in [2.24, 2.45) is 0 Å². The number of nitrogens with zero attached hydrogens (tertiary/aromatic N) is 1. The molecular formula is C16H25BrN2O. The lowest BCUT2D eigenvalue weighted by molar-refractivity contribution is 0.283. The molecule has 0 amide bonds. The van der Waals surface area contributed by atoms with E-state index in [0.29, 0.717) is 6.04 Å². The Balaban J connectivity index is 2.09. The van der Waals surface area contributed by atoms with Crippen LogP contribution in [0.5, 0.6) is 0 Å². The molecule has 0 radical (unpaired) electrons. The highest BCUT2D eigenvalue weighted by Crippen LogP contribution is 2.32. The highest BCUT2D eigenvalue weighted by Gasteiger charge is 2.25. The minimum absolute atomic E-state index is 0.267. The number of hydrogen-bond donors (Lipinski definition) is 2. The molecule has 0 aliphatic heterocycles. The smallest absolute Gasteiger partial charge is 0.0447 e. The normalized spacial score (nSPS) is 15.2. The lowest BCUT2D eigenvalue weighted by atomic mass is 9.91. The minimum Gasteiger partial charge on any atom is -0.396 e. The van der Waals surface area contributed by atoms with E-state index in [1.807, 2.05) is 0 Å². The fraction of sp³-hybridized carbons (Fsp3) is 0.625. The Morgan fingerprint density at radius 2 is 2.20 bits per heavy atom. The summed E-state index contributed by atoms with van der Waals surface area (Å²) in [5, 5.41) is 12.4. The predicted octanol–water partition coefficient (Wildman–Crippen LogP) is 3.30. The van der Waals surface area contributed by atoms with Crippen LogP contribution in [0.4, 0.5) is 5.69 Å². The van der Waals surface area contributed by atoms with Crippen molar-refractivity contribution in [3.8, 4) is 0 Å². The standard InChI is InChI=1S/C16H25BrN2O/c1-2-18-12-13-7-8-15(11-16(13)17)19(9-4-10-20)14-5-3-6-14/h7-8,11,14,18,20H,2-6,9-10,12H2,1H3. The molecule has 0 saturated heterocycles. The van der Waals surface area contributed by atoms with Gasteiger partial charge in [-0.15, -0.1) is 0 Å². The summed E-state index contributed by atoms with van der Waals surface area (Å²) in [6, 6.07) is 7.30. The van der Waals surface area contributed by atoms with Gasteiger partial charge in [0.05, 0.1) is 0 Å². The fourth-order valence-corrected chi connectivity index (χ4v) is 3.09. The Morgan fingerprint density at radius 3 is 2.75 bits per heavy atom. The summed E-state index contributed by atoms with van der Waals surface area (Å²) in [5.41, 5.74) is 2.57. The van der Waals surface area contributed by atoms with Gasteiger partial charge in [0, 0.05) is 35.9 Å². The van der Waals surface area contributed by atoms with Gasteiger partial charge in [0.25, 0.3) is 0 Å². The molecule has 3 nitrogen and oxygen atoms in total. The third-order valence-corrected chi connectivity index (χ3v) is 4.74. The molecule has 0 atom stereocenters. The summed E-state index contributed by atoms with van der Waals surface area (Å²) in [7, 11) is 0. The van der Waals surface area contributed by atoms with Crippen LogP contribution in [0.2, 0.25) is 0 Å². The fourth-order valence-electron chi connectivity index (χ4n) is 2.58. The largest absolute Gasteiger partial charge is 0.396 e. The molecule has 112 valence electrons. The zero-order chi connectivity index (χ0) is 14.4. The van der Waals surface area contributed by atoms with Crippen molar-refractivity contribution in [3.05, 3.63) is 28.2 Å². The van der Waals surface area contributed by atoms with Crippen LogP contribution in [0.15, 0.2) is 22.7 Å². The monoisotopic (exact) mass is 340 g/mol. The van der Waals surface area contributed by atoms with Gasteiger partial charge < -0.3 is 15.3 Å². The molecule has 20 heavy (non-hydrogen) atoms. The molecule has 1 fully saturated rings. The third-order valence-electron chi connectivity index (χ3n) is 4.01. The van der Waals surface area contributed by atoms with E-state index < -0.39 is 0 Å². The van der Waals surface area contributed by atoms with E-state index in [9.17, 15) is 0 Å². The van der Waals surface area contributed by atoms with Gasteiger partial charge in [-0.25, -0.2) is 0 Å². The summed E-state index contributed by atoms with van der Waals surface area (Å²) in [5.74, 6) is 0. The minimum atomic E-state index is 0.267. The molecule has 1 aromatic rings. The van der Waals surface area contributed by atoms with Crippen LogP contribution in [0.25, 0.3) is 0 Å². The topological polar surface area (TPSA) is 35.5 Å². The Bertz CT molecular complexity index is 421. The van der Waals surface area contributed by atoms with Crippen LogP contribution in [0, 0.1) is 0 Å². The third kappa shape index (κ3) is 3.96. The first-order valence-electron chi connectivity index (χ1n) is 7.63. The molecule has 2 N–H and O–H groups in total. The molecule has 0 heterocycles. The maximum absolute atomic E-state index is 9.09. The molecule has 1 aliphatic rings. The van der Waals surface area contributed by atoms with Gasteiger partial charge in [0.2, 0.25) is 0 Å². The van der Waals surface area contributed by atoms with Crippen LogP contribution in [0.1, 0.15) is 38.2 Å². The van der Waals surface area contributed by atoms with Gasteiger partial charge in [0.15, 0.2) is 0 Å². The van der Waals surface area contributed by atoms with Crippen molar-refractivity contribution in [1.29, 1.82) is 0 Å². The molecule has 1 aromatic carbocycles. The van der Waals surface area contributed by atoms with E-state index in [1.54, 1.807) is 0 Å². The first kappa shape index (κ1) is 15.8. The first-order chi connectivity index (χ1) is 9.76. The molecule has 0 bridgehead atoms. The molecular weight excluding hydrogens is 316 g/mol. The van der Waals surface area contributed by atoms with Gasteiger partial charge in [-0.3, -0.25) is 0 Å². The maximum atomic E-state index is 9.09. The van der Waals surface area contributed by atoms with E-state index in [2.05, 4.69) is 51.3 Å². The second kappa shape index (κ2) is 8.01. The van der Waals surface area contributed by atoms with E-state index in [1.165, 1.54) is 35.0 Å². The molecule has 1 aliphatic carbocycles. The average molecular weight is 341 g/mol. The van der Waals surface area contributed by atoms with Crippen LogP contribution in [-0.2, 0) is 6.54 Å². The number of anilines is 1. The number of halogens is 1. The van der Waals surface area contributed by atoms with Crippen molar-refractivity contribution in [2.45, 2.75) is 45.2 Å². The molecule has 4 heteroatoms. The molecule has 1 saturated carbocycles. The van der Waals surface area contributed by atoms with Gasteiger partial charge >= 0.3 is 0 Å². The van der Waals surface area contributed by atoms with Gasteiger partial charge in [0.1, 0.15) is 0 Å². The van der Waals surface area contributed by atoms with Crippen molar-refractivity contribution in [1.82, 2.24) is 5.32 Å². The Kier molecular flexibility index (Phi) is 6.33. The van der Waals surface area contributed by atoms with Crippen molar-refractivity contribution >= 4 is 21.6 Å². The van der Waals surface area contributed by atoms with Gasteiger partial charge in [-0.1, -0.05) is 28.9 Å². The number of rotatable bonds is 8. The Morgan fingerprint density at radius 1 is 1.40 bits per heavy atom. The summed E-state index contributed by atoms with van der Waals surface area (Å²) in [4.78, 5) is 2.46. The highest BCUT2D eigenvalue weighted by molar-refractivity contribution is 9.10. The Labute approximate surface area is 130 Å². The van der Waals surface area contributed by atoms with Gasteiger partial charge in [-0.05, 0) is 49.9 Å². The van der Waals surface area contributed by atoms with E-state index in [0.717, 1.165) is 26.1 Å². The number of hydrogen-bond acceptors (Lipinski definition) is 3. The maximum Gasteiger partial charge on any atom is 0.0447 e. The number of nitrogens with one attached hydrogen (secondary N) is 1. The second-order valence-corrected chi connectivity index (χ2v) is 6.27. The Hall–Kier alpha value is -0.580. The SMILES string of the molecule is CCNCc1ccc(N(CCCO)C2CCC2)cc1Br. The van der Waals surface area contributed by atoms with E-state index in [-0.39, 0.29) is 6.61 Å². The highest BCUT2D eigenvalue weighted by atomic mass is 79.9. The van der Waals surface area contributed by atoms with Crippen molar-refractivity contribution < 1.29 is 5.11 Å². The molecule has 0 unspecified atom stereocenters. The van der Waals surface area contributed by atoms with Gasteiger partial charge in [-0.2, -0.15) is 0 Å². The number of aliphatic hydroxyl groups excluding tert-OH is 1. The van der Waals surface area contributed by atoms with Crippen molar-refractivity contribution in [3.63, 3.8) is 0 Å². The van der Waals surface area contributed by atoms with Crippen molar-refractivity contribution in [2.75, 3.05) is 24.6 Å². The van der Waals surface area contributed by atoms with Crippen LogP contribution in [-0.4, -0.2) is 30.8 Å². The summed E-state index contributed by atoms with van der Waals surface area (Å²) in [6.07, 6.45) is 4.73. The van der Waals surface area contributed by atoms with Crippen LogP contribution in [0.3, 0.4) is 0 Å². The molecule has 0 aromatic heterocycles. The first-order valence-corrected chi connectivity index (χ1v) is 8.42. The summed E-state index contributed by atoms with van der Waals surface area (Å²) < 4.78 is 1.17.